The highest BCUT2D eigenvalue weighted by Crippen LogP contribution is 2.33. The molecule has 4 heterocycles. The van der Waals surface area contributed by atoms with Gasteiger partial charge in [-0.1, -0.05) is 6.07 Å². The Labute approximate surface area is 131 Å². The molecule has 0 unspecified atom stereocenters. The Morgan fingerprint density at radius 1 is 1.32 bits per heavy atom. The molecule has 7 heteroatoms. The summed E-state index contributed by atoms with van der Waals surface area (Å²) in [6, 6.07) is 4.45. The van der Waals surface area contributed by atoms with Gasteiger partial charge in [0.05, 0.1) is 12.2 Å². The molecule has 3 aromatic heterocycles. The van der Waals surface area contributed by atoms with E-state index in [0.29, 0.717) is 17.5 Å². The van der Waals surface area contributed by atoms with Crippen molar-refractivity contribution in [1.29, 1.82) is 0 Å². The predicted molar refractivity (Wildman–Crippen MR) is 82.0 cm³/mol. The van der Waals surface area contributed by atoms with Crippen LogP contribution < -0.4 is 0 Å². The lowest BCUT2D eigenvalue weighted by molar-refractivity contribution is 0.217. The van der Waals surface area contributed by atoms with Crippen LogP contribution in [0.5, 0.6) is 0 Å². The minimum absolute atomic E-state index is 0.194. The molecule has 0 saturated carbocycles. The van der Waals surface area contributed by atoms with Gasteiger partial charge in [0.2, 0.25) is 5.89 Å². The monoisotopic (exact) mass is 313 g/mol. The molecule has 1 aliphatic heterocycles. The number of rotatable bonds is 4. The Hall–Kier alpha value is -2.12. The van der Waals surface area contributed by atoms with Gasteiger partial charge in [0.25, 0.3) is 5.89 Å². The van der Waals surface area contributed by atoms with Crippen molar-refractivity contribution in [2.24, 2.45) is 0 Å². The highest BCUT2D eigenvalue weighted by Gasteiger charge is 2.30. The molecule has 0 spiro atoms. The number of likely N-dealkylation sites (tertiary alicyclic amines) is 1. The molecule has 0 amide bonds. The van der Waals surface area contributed by atoms with E-state index in [0.717, 1.165) is 25.9 Å². The van der Waals surface area contributed by atoms with Crippen LogP contribution in [0.2, 0.25) is 0 Å². The zero-order valence-electron chi connectivity index (χ0n) is 11.9. The normalized spacial score (nSPS) is 18.8. The Bertz CT molecular complexity index is 727. The van der Waals surface area contributed by atoms with E-state index in [9.17, 15) is 0 Å². The molecule has 1 aliphatic rings. The van der Waals surface area contributed by atoms with E-state index in [2.05, 4.69) is 42.6 Å². The lowest BCUT2D eigenvalue weighted by atomic mass is 10.2. The second kappa shape index (κ2) is 5.94. The van der Waals surface area contributed by atoms with Gasteiger partial charge < -0.3 is 4.42 Å². The zero-order chi connectivity index (χ0) is 14.8. The lowest BCUT2D eigenvalue weighted by Crippen LogP contribution is -2.22. The van der Waals surface area contributed by atoms with Gasteiger partial charge in [0.1, 0.15) is 5.69 Å². The first kappa shape index (κ1) is 13.5. The average Bonchev–Trinajstić information content (AvgIpc) is 3.30. The van der Waals surface area contributed by atoms with Crippen LogP contribution in [0.1, 0.15) is 29.7 Å². The Morgan fingerprint density at radius 3 is 3.14 bits per heavy atom. The molecule has 1 fully saturated rings. The first-order valence-corrected chi connectivity index (χ1v) is 8.14. The standard InChI is InChI=1S/C15H15N5OS/c1-4-13(20(7-1)10-11-3-2-8-22-11)15-19-18-14(21-15)12-9-16-5-6-17-12/h2-3,5-6,8-9,13H,1,4,7,10H2/t13-/m1/s1. The van der Waals surface area contributed by atoms with Crippen molar-refractivity contribution in [3.05, 3.63) is 46.9 Å². The fourth-order valence-corrected chi connectivity index (χ4v) is 3.51. The largest absolute Gasteiger partial charge is 0.417 e. The summed E-state index contributed by atoms with van der Waals surface area (Å²) < 4.78 is 5.84. The number of hydrogen-bond acceptors (Lipinski definition) is 7. The van der Waals surface area contributed by atoms with Crippen LogP contribution in [0, 0.1) is 0 Å². The highest BCUT2D eigenvalue weighted by atomic mass is 32.1. The molecule has 1 atom stereocenters. The predicted octanol–water partition coefficient (Wildman–Crippen LogP) is 2.93. The van der Waals surface area contributed by atoms with Gasteiger partial charge in [0, 0.05) is 23.8 Å². The summed E-state index contributed by atoms with van der Waals surface area (Å²) in [6.07, 6.45) is 7.08. The number of nitrogens with zero attached hydrogens (tertiary/aromatic N) is 5. The molecule has 3 aromatic rings. The first-order valence-electron chi connectivity index (χ1n) is 7.26. The summed E-state index contributed by atoms with van der Waals surface area (Å²) >= 11 is 1.78. The van der Waals surface area contributed by atoms with Crippen molar-refractivity contribution >= 4 is 11.3 Å². The maximum atomic E-state index is 5.84. The van der Waals surface area contributed by atoms with Crippen molar-refractivity contribution in [3.63, 3.8) is 0 Å². The minimum Gasteiger partial charge on any atom is -0.417 e. The third-order valence-electron chi connectivity index (χ3n) is 3.81. The van der Waals surface area contributed by atoms with Crippen LogP contribution in [0.15, 0.2) is 40.5 Å². The zero-order valence-corrected chi connectivity index (χ0v) is 12.7. The fourth-order valence-electron chi connectivity index (χ4n) is 2.78. The SMILES string of the molecule is c1csc(CN2CCC[C@@H]2c2nnc(-c3cnccn3)o2)c1. The Morgan fingerprint density at radius 2 is 2.32 bits per heavy atom. The van der Waals surface area contributed by atoms with E-state index in [4.69, 9.17) is 4.42 Å². The van der Waals surface area contributed by atoms with Crippen molar-refractivity contribution in [1.82, 2.24) is 25.1 Å². The third-order valence-corrected chi connectivity index (χ3v) is 4.67. The number of thiophene rings is 1. The Kier molecular flexibility index (Phi) is 3.65. The van der Waals surface area contributed by atoms with E-state index in [-0.39, 0.29) is 6.04 Å². The van der Waals surface area contributed by atoms with Crippen LogP contribution in [-0.4, -0.2) is 31.6 Å². The molecule has 0 bridgehead atoms. The second-order valence-corrected chi connectivity index (χ2v) is 6.28. The van der Waals surface area contributed by atoms with Gasteiger partial charge in [-0.15, -0.1) is 21.5 Å². The molecular formula is C15H15N5OS. The van der Waals surface area contributed by atoms with Gasteiger partial charge in [-0.25, -0.2) is 4.98 Å². The number of hydrogen-bond donors (Lipinski definition) is 0. The van der Waals surface area contributed by atoms with Crippen molar-refractivity contribution in [3.8, 4) is 11.6 Å². The Balaban J connectivity index is 1.55. The molecular weight excluding hydrogens is 298 g/mol. The van der Waals surface area contributed by atoms with E-state index >= 15 is 0 Å². The smallest absolute Gasteiger partial charge is 0.267 e. The molecule has 22 heavy (non-hydrogen) atoms. The highest BCUT2D eigenvalue weighted by molar-refractivity contribution is 7.09. The van der Waals surface area contributed by atoms with Crippen molar-refractivity contribution < 1.29 is 4.42 Å². The molecule has 0 radical (unpaired) electrons. The van der Waals surface area contributed by atoms with Gasteiger partial charge in [-0.3, -0.25) is 9.88 Å². The first-order chi connectivity index (χ1) is 10.9. The fraction of sp³-hybridized carbons (Fsp3) is 0.333. The summed E-state index contributed by atoms with van der Waals surface area (Å²) in [6.45, 7) is 2.00. The molecule has 0 N–H and O–H groups in total. The van der Waals surface area contributed by atoms with Crippen LogP contribution in [0.4, 0.5) is 0 Å². The molecule has 6 nitrogen and oxygen atoms in total. The van der Waals surface area contributed by atoms with Gasteiger partial charge >= 0.3 is 0 Å². The van der Waals surface area contributed by atoms with Crippen LogP contribution in [0.25, 0.3) is 11.6 Å². The van der Waals surface area contributed by atoms with E-state index < -0.39 is 0 Å². The summed E-state index contributed by atoms with van der Waals surface area (Å²) in [4.78, 5) is 12.0. The molecule has 0 aromatic carbocycles. The third kappa shape index (κ3) is 2.65. The second-order valence-electron chi connectivity index (χ2n) is 5.24. The summed E-state index contributed by atoms with van der Waals surface area (Å²) in [5, 5.41) is 10.5. The maximum absolute atomic E-state index is 5.84. The molecule has 0 aliphatic carbocycles. The average molecular weight is 313 g/mol. The van der Waals surface area contributed by atoms with E-state index in [1.54, 1.807) is 29.9 Å². The summed E-state index contributed by atoms with van der Waals surface area (Å²) in [5.74, 6) is 1.11. The quantitative estimate of drug-likeness (QED) is 0.737. The van der Waals surface area contributed by atoms with Gasteiger partial charge in [-0.2, -0.15) is 0 Å². The summed E-state index contributed by atoms with van der Waals surface area (Å²) in [7, 11) is 0. The minimum atomic E-state index is 0.194. The van der Waals surface area contributed by atoms with E-state index in [1.165, 1.54) is 4.88 Å². The molecule has 1 saturated heterocycles. The molecule has 112 valence electrons. The van der Waals surface area contributed by atoms with Crippen LogP contribution in [0.3, 0.4) is 0 Å². The lowest BCUT2D eigenvalue weighted by Gasteiger charge is -2.20. The maximum Gasteiger partial charge on any atom is 0.267 e. The van der Waals surface area contributed by atoms with Gasteiger partial charge in [-0.05, 0) is 30.8 Å². The van der Waals surface area contributed by atoms with Crippen molar-refractivity contribution in [2.75, 3.05) is 6.54 Å². The van der Waals surface area contributed by atoms with E-state index in [1.807, 2.05) is 0 Å². The molecule has 4 rings (SSSR count). The number of aromatic nitrogens is 4. The van der Waals surface area contributed by atoms with Crippen LogP contribution in [-0.2, 0) is 6.54 Å². The summed E-state index contributed by atoms with van der Waals surface area (Å²) in [5.41, 5.74) is 0.615. The topological polar surface area (TPSA) is 67.9 Å². The van der Waals surface area contributed by atoms with Crippen LogP contribution >= 0.6 is 11.3 Å². The van der Waals surface area contributed by atoms with Gasteiger partial charge in [0.15, 0.2) is 0 Å². The van der Waals surface area contributed by atoms with Crippen molar-refractivity contribution in [2.45, 2.75) is 25.4 Å².